The molecule has 3 aliphatic heterocycles. The monoisotopic (exact) mass is 418 g/mol. The molecule has 3 heterocycles. The van der Waals surface area contributed by atoms with Gasteiger partial charge in [-0.1, -0.05) is 18.2 Å². The number of carbonyl (C=O) groups excluding carboxylic acids is 1. The number of ether oxygens (including phenoxy) is 1. The Kier molecular flexibility index (Phi) is 4.83. The lowest BCUT2D eigenvalue weighted by atomic mass is 9.82. The number of carbonyl (C=O) groups is 2. The molecule has 5 rings (SSSR count). The Morgan fingerprint density at radius 2 is 1.87 bits per heavy atom. The summed E-state index contributed by atoms with van der Waals surface area (Å²) in [5.74, 6) is -0.837. The van der Waals surface area contributed by atoms with Gasteiger partial charge < -0.3 is 30.1 Å². The SMILES string of the molecule is O=C1CCC2c3cccc4c3N(CCN(C3OC(C(=O)O)C(O)C(O)C3O)C4)CC12. The third kappa shape index (κ3) is 2.96. The number of aliphatic hydroxyl groups is 3. The zero-order chi connectivity index (χ0) is 21.2. The lowest BCUT2D eigenvalue weighted by molar-refractivity contribution is -0.260. The highest BCUT2D eigenvalue weighted by Crippen LogP contribution is 2.48. The van der Waals surface area contributed by atoms with Gasteiger partial charge in [-0.05, 0) is 23.5 Å². The number of ketones is 1. The number of aliphatic hydroxyl groups excluding tert-OH is 3. The molecule has 9 heteroatoms. The lowest BCUT2D eigenvalue weighted by Gasteiger charge is -2.43. The summed E-state index contributed by atoms with van der Waals surface area (Å²) in [7, 11) is 0. The maximum absolute atomic E-state index is 12.4. The molecule has 1 aliphatic carbocycles. The van der Waals surface area contributed by atoms with Crippen molar-refractivity contribution in [2.75, 3.05) is 24.5 Å². The smallest absolute Gasteiger partial charge is 0.335 e. The Labute approximate surface area is 173 Å². The van der Waals surface area contributed by atoms with Gasteiger partial charge in [0.15, 0.2) is 6.10 Å². The number of benzene rings is 1. The first kappa shape index (κ1) is 19.9. The van der Waals surface area contributed by atoms with Crippen LogP contribution in [0.5, 0.6) is 0 Å². The van der Waals surface area contributed by atoms with E-state index in [1.165, 1.54) is 5.56 Å². The number of Topliss-reactive ketones (excluding diaryl/α,β-unsaturated/α-hetero) is 1. The highest BCUT2D eigenvalue weighted by molar-refractivity contribution is 5.87. The van der Waals surface area contributed by atoms with Gasteiger partial charge >= 0.3 is 5.97 Å². The number of rotatable bonds is 2. The number of aliphatic carboxylic acids is 1. The zero-order valence-corrected chi connectivity index (χ0v) is 16.4. The number of carboxylic acids is 1. The van der Waals surface area contributed by atoms with Gasteiger partial charge in [0.1, 0.15) is 30.3 Å². The van der Waals surface area contributed by atoms with E-state index in [0.29, 0.717) is 38.4 Å². The number of nitrogens with zero attached hydrogens (tertiary/aromatic N) is 2. The van der Waals surface area contributed by atoms with Crippen LogP contribution in [0.15, 0.2) is 18.2 Å². The molecule has 1 aromatic carbocycles. The van der Waals surface area contributed by atoms with Gasteiger partial charge in [0, 0.05) is 44.2 Å². The molecule has 1 aromatic rings. The molecule has 9 nitrogen and oxygen atoms in total. The molecule has 1 saturated carbocycles. The van der Waals surface area contributed by atoms with Crippen LogP contribution < -0.4 is 4.90 Å². The Morgan fingerprint density at radius 1 is 1.07 bits per heavy atom. The van der Waals surface area contributed by atoms with E-state index in [4.69, 9.17) is 4.74 Å². The van der Waals surface area contributed by atoms with Gasteiger partial charge in [-0.25, -0.2) is 4.79 Å². The number of fused-ring (bicyclic) bond motifs is 2. The van der Waals surface area contributed by atoms with E-state index in [-0.39, 0.29) is 11.8 Å². The van der Waals surface area contributed by atoms with Gasteiger partial charge in [-0.15, -0.1) is 0 Å². The van der Waals surface area contributed by atoms with Crippen LogP contribution >= 0.6 is 0 Å². The Hall–Kier alpha value is -2.04. The van der Waals surface area contributed by atoms with Gasteiger partial charge in [-0.2, -0.15) is 0 Å². The van der Waals surface area contributed by atoms with Crippen LogP contribution in [-0.2, 0) is 20.9 Å². The van der Waals surface area contributed by atoms with Crippen molar-refractivity contribution in [3.05, 3.63) is 29.3 Å². The van der Waals surface area contributed by atoms with Crippen molar-refractivity contribution in [3.63, 3.8) is 0 Å². The molecule has 0 bridgehead atoms. The molecule has 162 valence electrons. The second-order valence-electron chi connectivity index (χ2n) is 8.75. The van der Waals surface area contributed by atoms with Crippen molar-refractivity contribution in [1.29, 1.82) is 0 Å². The van der Waals surface area contributed by atoms with Crippen molar-refractivity contribution >= 4 is 17.4 Å². The van der Waals surface area contributed by atoms with Crippen molar-refractivity contribution in [2.24, 2.45) is 5.92 Å². The van der Waals surface area contributed by atoms with Gasteiger partial charge in [0.25, 0.3) is 0 Å². The summed E-state index contributed by atoms with van der Waals surface area (Å²) in [5.41, 5.74) is 3.32. The summed E-state index contributed by atoms with van der Waals surface area (Å²) in [4.78, 5) is 27.9. The van der Waals surface area contributed by atoms with Crippen LogP contribution in [0.4, 0.5) is 5.69 Å². The summed E-state index contributed by atoms with van der Waals surface area (Å²) in [6.45, 7) is 2.11. The van der Waals surface area contributed by atoms with E-state index in [1.807, 2.05) is 12.1 Å². The normalized spacial score (nSPS) is 38.7. The first-order valence-corrected chi connectivity index (χ1v) is 10.4. The van der Waals surface area contributed by atoms with Crippen LogP contribution in [0.1, 0.15) is 29.9 Å². The fraction of sp³-hybridized carbons (Fsp3) is 0.619. The summed E-state index contributed by atoms with van der Waals surface area (Å²) in [5, 5.41) is 40.1. The number of carboxylic acid groups (broad SMARTS) is 1. The fourth-order valence-electron chi connectivity index (χ4n) is 5.60. The summed E-state index contributed by atoms with van der Waals surface area (Å²) in [6, 6.07) is 6.05. The molecule has 2 fully saturated rings. The maximum atomic E-state index is 12.4. The molecule has 0 amide bonds. The molecule has 7 atom stereocenters. The van der Waals surface area contributed by atoms with Crippen molar-refractivity contribution in [3.8, 4) is 0 Å². The molecule has 4 aliphatic rings. The number of anilines is 1. The van der Waals surface area contributed by atoms with Crippen LogP contribution in [-0.4, -0.2) is 87.4 Å². The quantitative estimate of drug-likeness (QED) is 0.491. The molecule has 7 unspecified atom stereocenters. The highest BCUT2D eigenvalue weighted by Gasteiger charge is 2.50. The molecule has 30 heavy (non-hydrogen) atoms. The summed E-state index contributed by atoms with van der Waals surface area (Å²) in [6.07, 6.45) is -5.97. The second-order valence-corrected chi connectivity index (χ2v) is 8.75. The van der Waals surface area contributed by atoms with Gasteiger partial charge in [0.2, 0.25) is 0 Å². The third-order valence-electron chi connectivity index (χ3n) is 7.11. The minimum Gasteiger partial charge on any atom is -0.479 e. The average Bonchev–Trinajstić information content (AvgIpc) is 2.99. The van der Waals surface area contributed by atoms with Gasteiger partial charge in [-0.3, -0.25) is 9.69 Å². The lowest BCUT2D eigenvalue weighted by Crippen LogP contribution is -2.64. The average molecular weight is 418 g/mol. The molecule has 0 aromatic heterocycles. The molecule has 0 radical (unpaired) electrons. The Balaban J connectivity index is 1.47. The van der Waals surface area contributed by atoms with Crippen LogP contribution in [0.2, 0.25) is 0 Å². The topological polar surface area (TPSA) is 131 Å². The van der Waals surface area contributed by atoms with E-state index < -0.39 is 36.6 Å². The van der Waals surface area contributed by atoms with Crippen LogP contribution in [0, 0.1) is 5.92 Å². The standard InChI is InChI=1S/C21H26N2O7/c24-14-5-4-11-12-3-1-2-10-8-23(7-6-22(15(10)12)9-13(11)14)20-18(27)16(25)17(26)19(30-20)21(28)29/h1-3,11,13,16-20,25-27H,4-9H2,(H,28,29). The molecular formula is C21H26N2O7. The minimum atomic E-state index is -1.71. The number of para-hydroxylation sites is 1. The van der Waals surface area contributed by atoms with Crippen LogP contribution in [0.3, 0.4) is 0 Å². The highest BCUT2D eigenvalue weighted by atomic mass is 16.6. The molecule has 1 saturated heterocycles. The van der Waals surface area contributed by atoms with E-state index in [0.717, 1.165) is 17.7 Å². The van der Waals surface area contributed by atoms with Crippen molar-refractivity contribution in [1.82, 2.24) is 4.90 Å². The zero-order valence-electron chi connectivity index (χ0n) is 16.4. The van der Waals surface area contributed by atoms with Gasteiger partial charge in [0.05, 0.1) is 0 Å². The van der Waals surface area contributed by atoms with E-state index >= 15 is 0 Å². The van der Waals surface area contributed by atoms with E-state index in [2.05, 4.69) is 11.0 Å². The fourth-order valence-corrected chi connectivity index (χ4v) is 5.60. The van der Waals surface area contributed by atoms with E-state index in [9.17, 15) is 30.0 Å². The third-order valence-corrected chi connectivity index (χ3v) is 7.11. The van der Waals surface area contributed by atoms with Crippen LogP contribution in [0.25, 0.3) is 0 Å². The minimum absolute atomic E-state index is 0.00387. The number of hydrogen-bond acceptors (Lipinski definition) is 8. The van der Waals surface area contributed by atoms with Crippen molar-refractivity contribution in [2.45, 2.75) is 55.9 Å². The largest absolute Gasteiger partial charge is 0.479 e. The number of hydrogen-bond donors (Lipinski definition) is 4. The maximum Gasteiger partial charge on any atom is 0.335 e. The summed E-state index contributed by atoms with van der Waals surface area (Å²) < 4.78 is 5.55. The predicted octanol–water partition coefficient (Wildman–Crippen LogP) is -0.723. The Bertz CT molecular complexity index is 877. The second kappa shape index (κ2) is 7.28. The molecular weight excluding hydrogens is 392 g/mol. The first-order chi connectivity index (χ1) is 14.4. The summed E-state index contributed by atoms with van der Waals surface area (Å²) >= 11 is 0. The molecule has 4 N–H and O–H groups in total. The molecule has 0 spiro atoms. The first-order valence-electron chi connectivity index (χ1n) is 10.4. The Morgan fingerprint density at radius 3 is 2.63 bits per heavy atom. The van der Waals surface area contributed by atoms with Crippen molar-refractivity contribution < 1.29 is 34.8 Å². The van der Waals surface area contributed by atoms with E-state index in [1.54, 1.807) is 4.90 Å². The predicted molar refractivity (Wildman–Crippen MR) is 104 cm³/mol.